The normalized spacial score (nSPS) is 13.1. The molecule has 0 aliphatic carbocycles. The van der Waals surface area contributed by atoms with Gasteiger partial charge >= 0.3 is 0 Å². The van der Waals surface area contributed by atoms with E-state index < -0.39 is 5.91 Å². The number of anilines is 1. The molecule has 2 aromatic rings. The molecule has 0 bridgehead atoms. The minimum atomic E-state index is -0.408. The summed E-state index contributed by atoms with van der Waals surface area (Å²) in [5.41, 5.74) is 2.59. The van der Waals surface area contributed by atoms with Gasteiger partial charge in [-0.3, -0.25) is 9.59 Å². The zero-order valence-corrected chi connectivity index (χ0v) is 17.7. The number of rotatable bonds is 4. The Hall–Kier alpha value is -2.44. The lowest BCUT2D eigenvalue weighted by atomic mass is 9.97. The standard InChI is InChI=1S/C22H26FN3O2.ClH/c1-22(2,3)13-25-20(27)14-4-6-15(7-5-14)21(28)26-18-9-8-16-12-24-11-10-17(16)19(18)23;/h4-9,24H,10-13H2,1-3H3,(H,25,27)(H,26,28);1H. The van der Waals surface area contributed by atoms with E-state index in [1.165, 1.54) is 0 Å². The van der Waals surface area contributed by atoms with E-state index in [0.717, 1.165) is 12.1 Å². The Morgan fingerprint density at radius 1 is 1.03 bits per heavy atom. The van der Waals surface area contributed by atoms with E-state index in [2.05, 4.69) is 16.0 Å². The monoisotopic (exact) mass is 419 g/mol. The van der Waals surface area contributed by atoms with E-state index in [9.17, 15) is 14.0 Å². The lowest BCUT2D eigenvalue weighted by Gasteiger charge is -2.19. The van der Waals surface area contributed by atoms with Gasteiger partial charge in [-0.05, 0) is 59.8 Å². The molecule has 5 nitrogen and oxygen atoms in total. The van der Waals surface area contributed by atoms with Crippen molar-refractivity contribution in [1.82, 2.24) is 10.6 Å². The van der Waals surface area contributed by atoms with Gasteiger partial charge in [-0.2, -0.15) is 0 Å². The summed E-state index contributed by atoms with van der Waals surface area (Å²) in [6.45, 7) is 8.03. The first-order valence-electron chi connectivity index (χ1n) is 9.45. The summed E-state index contributed by atoms with van der Waals surface area (Å²) in [5.74, 6) is -0.962. The van der Waals surface area contributed by atoms with Gasteiger partial charge < -0.3 is 16.0 Å². The molecule has 2 amide bonds. The summed E-state index contributed by atoms with van der Waals surface area (Å²) in [6.07, 6.45) is 0.600. The van der Waals surface area contributed by atoms with Crippen LogP contribution in [-0.2, 0) is 13.0 Å². The van der Waals surface area contributed by atoms with Crippen LogP contribution in [0.5, 0.6) is 0 Å². The smallest absolute Gasteiger partial charge is 0.255 e. The van der Waals surface area contributed by atoms with E-state index in [1.54, 1.807) is 30.3 Å². The minimum Gasteiger partial charge on any atom is -0.352 e. The minimum absolute atomic E-state index is 0. The number of hydrogen-bond donors (Lipinski definition) is 3. The molecule has 1 aliphatic rings. The highest BCUT2D eigenvalue weighted by Crippen LogP contribution is 2.25. The quantitative estimate of drug-likeness (QED) is 0.703. The molecule has 2 aromatic carbocycles. The predicted molar refractivity (Wildman–Crippen MR) is 115 cm³/mol. The fourth-order valence-corrected chi connectivity index (χ4v) is 3.05. The van der Waals surface area contributed by atoms with Crippen LogP contribution < -0.4 is 16.0 Å². The molecule has 156 valence electrons. The average molecular weight is 420 g/mol. The van der Waals surface area contributed by atoms with Crippen LogP contribution >= 0.6 is 12.4 Å². The Bertz CT molecular complexity index is 892. The summed E-state index contributed by atoms with van der Waals surface area (Å²) >= 11 is 0. The Morgan fingerprint density at radius 3 is 2.28 bits per heavy atom. The zero-order chi connectivity index (χ0) is 20.3. The third kappa shape index (κ3) is 5.78. The van der Waals surface area contributed by atoms with E-state index in [0.29, 0.717) is 36.2 Å². The molecule has 0 spiro atoms. The summed E-state index contributed by atoms with van der Waals surface area (Å²) in [6, 6.07) is 9.77. The molecular formula is C22H27ClFN3O2. The van der Waals surface area contributed by atoms with Crippen LogP contribution in [0.1, 0.15) is 52.6 Å². The van der Waals surface area contributed by atoms with Crippen LogP contribution in [0.15, 0.2) is 36.4 Å². The lowest BCUT2D eigenvalue weighted by molar-refractivity contribution is 0.0938. The molecule has 1 heterocycles. The number of nitrogens with one attached hydrogen (secondary N) is 3. The third-order valence-electron chi connectivity index (χ3n) is 4.64. The second kappa shape index (κ2) is 9.37. The number of halogens is 2. The molecule has 0 aromatic heterocycles. The average Bonchev–Trinajstić information content (AvgIpc) is 2.68. The molecule has 3 rings (SSSR count). The number of carbonyl (C=O) groups excluding carboxylic acids is 2. The van der Waals surface area contributed by atoms with E-state index >= 15 is 0 Å². The van der Waals surface area contributed by atoms with Gasteiger partial charge in [0.15, 0.2) is 0 Å². The van der Waals surface area contributed by atoms with E-state index in [-0.39, 0.29) is 35.2 Å². The molecule has 7 heteroatoms. The van der Waals surface area contributed by atoms with Crippen molar-refractivity contribution in [2.75, 3.05) is 18.4 Å². The highest BCUT2D eigenvalue weighted by atomic mass is 35.5. The summed E-state index contributed by atoms with van der Waals surface area (Å²) in [5, 5.41) is 8.70. The van der Waals surface area contributed by atoms with Gasteiger partial charge in [0.05, 0.1) is 5.69 Å². The first-order chi connectivity index (χ1) is 13.2. The Kier molecular flexibility index (Phi) is 7.38. The number of hydrogen-bond acceptors (Lipinski definition) is 3. The van der Waals surface area contributed by atoms with Gasteiger partial charge in [0.25, 0.3) is 11.8 Å². The zero-order valence-electron chi connectivity index (χ0n) is 16.9. The van der Waals surface area contributed by atoms with Crippen LogP contribution in [0.2, 0.25) is 0 Å². The predicted octanol–water partition coefficient (Wildman–Crippen LogP) is 3.92. The molecule has 0 fully saturated rings. The van der Waals surface area contributed by atoms with Crippen LogP contribution in [0.25, 0.3) is 0 Å². The second-order valence-corrected chi connectivity index (χ2v) is 8.27. The molecule has 3 N–H and O–H groups in total. The molecule has 0 saturated carbocycles. The third-order valence-corrected chi connectivity index (χ3v) is 4.64. The molecular weight excluding hydrogens is 393 g/mol. The molecule has 1 aliphatic heterocycles. The van der Waals surface area contributed by atoms with Crippen molar-refractivity contribution in [1.29, 1.82) is 0 Å². The summed E-state index contributed by atoms with van der Waals surface area (Å²) in [4.78, 5) is 24.7. The largest absolute Gasteiger partial charge is 0.352 e. The first kappa shape index (κ1) is 22.8. The van der Waals surface area contributed by atoms with Crippen molar-refractivity contribution in [2.24, 2.45) is 5.41 Å². The maximum atomic E-state index is 14.7. The highest BCUT2D eigenvalue weighted by Gasteiger charge is 2.18. The molecule has 0 unspecified atom stereocenters. The summed E-state index contributed by atoms with van der Waals surface area (Å²) in [7, 11) is 0. The van der Waals surface area contributed by atoms with Crippen molar-refractivity contribution in [3.63, 3.8) is 0 Å². The lowest BCUT2D eigenvalue weighted by Crippen LogP contribution is -2.32. The summed E-state index contributed by atoms with van der Waals surface area (Å²) < 4.78 is 14.7. The molecule has 0 saturated heterocycles. The Morgan fingerprint density at radius 2 is 1.66 bits per heavy atom. The molecule has 0 radical (unpaired) electrons. The topological polar surface area (TPSA) is 70.2 Å². The fourth-order valence-electron chi connectivity index (χ4n) is 3.05. The Labute approximate surface area is 176 Å². The van der Waals surface area contributed by atoms with Crippen LogP contribution in [-0.4, -0.2) is 24.9 Å². The molecule has 0 atom stereocenters. The van der Waals surface area contributed by atoms with Crippen molar-refractivity contribution < 1.29 is 14.0 Å². The number of carbonyl (C=O) groups is 2. The number of fused-ring (bicyclic) bond motifs is 1. The fraction of sp³-hybridized carbons (Fsp3) is 0.364. The van der Waals surface area contributed by atoms with Crippen LogP contribution in [0, 0.1) is 11.2 Å². The maximum Gasteiger partial charge on any atom is 0.255 e. The van der Waals surface area contributed by atoms with Crippen molar-refractivity contribution >= 4 is 29.9 Å². The first-order valence-corrected chi connectivity index (χ1v) is 9.45. The van der Waals surface area contributed by atoms with E-state index in [1.807, 2.05) is 26.8 Å². The van der Waals surface area contributed by atoms with Gasteiger partial charge in [-0.25, -0.2) is 4.39 Å². The van der Waals surface area contributed by atoms with Gasteiger partial charge in [-0.15, -0.1) is 12.4 Å². The molecule has 29 heavy (non-hydrogen) atoms. The van der Waals surface area contributed by atoms with Crippen molar-refractivity contribution in [2.45, 2.75) is 33.7 Å². The van der Waals surface area contributed by atoms with Gasteiger partial charge in [0, 0.05) is 24.2 Å². The Balaban J connectivity index is 0.00000300. The van der Waals surface area contributed by atoms with Crippen LogP contribution in [0.4, 0.5) is 10.1 Å². The number of benzene rings is 2. The van der Waals surface area contributed by atoms with Crippen molar-refractivity contribution in [3.05, 3.63) is 64.5 Å². The van der Waals surface area contributed by atoms with Crippen molar-refractivity contribution in [3.8, 4) is 0 Å². The van der Waals surface area contributed by atoms with E-state index in [4.69, 9.17) is 0 Å². The van der Waals surface area contributed by atoms with Gasteiger partial charge in [-0.1, -0.05) is 26.8 Å². The van der Waals surface area contributed by atoms with Crippen LogP contribution in [0.3, 0.4) is 0 Å². The van der Waals surface area contributed by atoms with Gasteiger partial charge in [0.2, 0.25) is 0 Å². The van der Waals surface area contributed by atoms with Gasteiger partial charge in [0.1, 0.15) is 5.82 Å². The number of amides is 2. The SMILES string of the molecule is CC(C)(C)CNC(=O)c1ccc(C(=O)Nc2ccc3c(c2F)CCNC3)cc1.Cl. The maximum absolute atomic E-state index is 14.7. The highest BCUT2D eigenvalue weighted by molar-refractivity contribution is 6.05. The second-order valence-electron chi connectivity index (χ2n) is 8.27.